The minimum absolute atomic E-state index is 0.00197. The third kappa shape index (κ3) is 12.7. The largest absolute Gasteiger partial charge is 0.447 e. The third-order valence-electron chi connectivity index (χ3n) is 10.5. The van der Waals surface area contributed by atoms with Crippen LogP contribution in [0.25, 0.3) is 0 Å². The monoisotopic (exact) mass is 723 g/mol. The van der Waals surface area contributed by atoms with E-state index >= 15 is 0 Å². The maximum atomic E-state index is 12.5. The molecule has 7 atom stereocenters. The fourth-order valence-electron chi connectivity index (χ4n) is 7.07. The number of amides is 4. The van der Waals surface area contributed by atoms with Gasteiger partial charge in [0.2, 0.25) is 5.78 Å². The molecule has 11 nitrogen and oxygen atoms in total. The zero-order valence-electron chi connectivity index (χ0n) is 33.0. The van der Waals surface area contributed by atoms with E-state index in [9.17, 15) is 19.2 Å². The predicted octanol–water partition coefficient (Wildman–Crippen LogP) is 6.14. The summed E-state index contributed by atoms with van der Waals surface area (Å²) in [5.74, 6) is 0.434. The summed E-state index contributed by atoms with van der Waals surface area (Å²) in [5, 5.41) is 14.2. The Morgan fingerprint density at radius 3 is 2.40 bits per heavy atom. The van der Waals surface area contributed by atoms with Gasteiger partial charge in [0.05, 0.1) is 18.1 Å². The molecule has 0 aromatic carbocycles. The number of nitrogens with one attached hydrogen (secondary N) is 5. The molecule has 1 saturated carbocycles. The smallest absolute Gasteiger partial charge is 0.406 e. The first-order valence-electron chi connectivity index (χ1n) is 18.6. The molecule has 0 spiro atoms. The van der Waals surface area contributed by atoms with Gasteiger partial charge in [-0.25, -0.2) is 9.59 Å². The summed E-state index contributed by atoms with van der Waals surface area (Å²) in [7, 11) is 1.51. The molecule has 2 aliphatic carbocycles. The fraction of sp³-hybridized carbons (Fsp3) is 0.610. The first kappa shape index (κ1) is 43.9. The van der Waals surface area contributed by atoms with Gasteiger partial charge in [0.15, 0.2) is 0 Å². The van der Waals surface area contributed by atoms with Crippen LogP contribution >= 0.6 is 0 Å². The number of likely N-dealkylation sites (tertiary alicyclic amines) is 1. The predicted molar refractivity (Wildman–Crippen MR) is 210 cm³/mol. The lowest BCUT2D eigenvalue weighted by atomic mass is 9.87. The zero-order valence-corrected chi connectivity index (χ0v) is 33.0. The molecule has 3 aliphatic rings. The summed E-state index contributed by atoms with van der Waals surface area (Å²) in [6, 6.07) is -0.972. The molecule has 0 aromatic heterocycles. The number of hydrogen-bond donors (Lipinski definition) is 5. The fourth-order valence-corrected chi connectivity index (χ4v) is 7.07. The molecule has 2 fully saturated rings. The van der Waals surface area contributed by atoms with E-state index in [0.29, 0.717) is 29.6 Å². The van der Waals surface area contributed by atoms with Crippen molar-refractivity contribution in [2.45, 2.75) is 105 Å². The van der Waals surface area contributed by atoms with Gasteiger partial charge in [0.1, 0.15) is 6.61 Å². The Balaban J connectivity index is 0.000000361. The summed E-state index contributed by atoms with van der Waals surface area (Å²) in [4.78, 5) is 50.6. The molecule has 11 heteroatoms. The van der Waals surface area contributed by atoms with Crippen LogP contribution in [0.4, 0.5) is 9.59 Å². The molecule has 1 aliphatic heterocycles. The van der Waals surface area contributed by atoms with Crippen molar-refractivity contribution in [1.82, 2.24) is 31.5 Å². The van der Waals surface area contributed by atoms with Crippen LogP contribution < -0.4 is 26.6 Å². The molecule has 0 bridgehead atoms. The van der Waals surface area contributed by atoms with Crippen LogP contribution in [0.2, 0.25) is 0 Å². The van der Waals surface area contributed by atoms with Crippen LogP contribution in [0, 0.1) is 28.6 Å². The Morgan fingerprint density at radius 1 is 1.12 bits per heavy atom. The summed E-state index contributed by atoms with van der Waals surface area (Å²) in [6.45, 7) is 31.7. The van der Waals surface area contributed by atoms with Crippen LogP contribution in [-0.4, -0.2) is 79.6 Å². The number of carbonyl (C=O) groups excluding carboxylic acids is 4. The van der Waals surface area contributed by atoms with Gasteiger partial charge < -0.3 is 36.2 Å². The maximum absolute atomic E-state index is 12.5. The van der Waals surface area contributed by atoms with Crippen LogP contribution in [0.5, 0.6) is 0 Å². The van der Waals surface area contributed by atoms with Crippen molar-refractivity contribution in [3.05, 3.63) is 74.2 Å². The van der Waals surface area contributed by atoms with Gasteiger partial charge in [-0.3, -0.25) is 9.59 Å². The van der Waals surface area contributed by atoms with E-state index in [1.54, 1.807) is 6.08 Å². The summed E-state index contributed by atoms with van der Waals surface area (Å²) in [5.41, 5.74) is 1.91. The highest BCUT2D eigenvalue weighted by molar-refractivity contribution is 6.38. The molecule has 1 saturated heterocycles. The normalized spacial score (nSPS) is 24.5. The van der Waals surface area contributed by atoms with Crippen LogP contribution in [0.15, 0.2) is 74.2 Å². The average molecular weight is 723 g/mol. The Bertz CT molecular complexity index is 1360. The van der Waals surface area contributed by atoms with Gasteiger partial charge in [-0.2, -0.15) is 0 Å². The standard InChI is InChI=1S/C21H35N3O3.C20H31N3O2/c1-15-11-9-7-8-10-12-17(13-15)16(2)23-19(25)24-18(21(3,4)5)14-27-20(26)22-6;1-7-10-15(18(24)19(25)21-11-8-2)22-13(4)17-16-14(20(16,5)6)12-23(17)9-3/h7-9,11,16-18H,1,10,12-14H2,2-6H3,(H,22,26)(H2,23,24,25);8-9,14-17,22H,2-4,7,10-12H2,1,5-6H3,(H,21,25)/b8-7-,11-9-;/t;14-,15?,16?,17?/m.0/s1. The molecule has 6 unspecified atom stereocenters. The molecular formula is C41H66N6O5. The van der Waals surface area contributed by atoms with Crippen molar-refractivity contribution in [3.8, 4) is 0 Å². The summed E-state index contributed by atoms with van der Waals surface area (Å²) in [6.07, 6.45) is 15.3. The van der Waals surface area contributed by atoms with Gasteiger partial charge in [-0.1, -0.05) is 104 Å². The number of fused-ring (bicyclic) bond motifs is 1. The van der Waals surface area contributed by atoms with E-state index < -0.39 is 23.8 Å². The molecule has 5 N–H and O–H groups in total. The second kappa shape index (κ2) is 20.1. The maximum Gasteiger partial charge on any atom is 0.406 e. The van der Waals surface area contributed by atoms with Crippen LogP contribution in [0.1, 0.15) is 80.6 Å². The first-order valence-corrected chi connectivity index (χ1v) is 18.6. The lowest BCUT2D eigenvalue weighted by Gasteiger charge is -2.33. The SMILES string of the molecule is C=C1/C=C\C=C/CCC(C(C)NC(=O)NC(COC(=O)NC)C(C)(C)C)C1.C=CCNC(=O)C(=O)C(CCC)NC(=C)C1C2[C@H](CN1C=C)C2(C)C. The minimum atomic E-state index is -0.574. The van der Waals surface area contributed by atoms with Crippen molar-refractivity contribution in [2.24, 2.45) is 28.6 Å². The van der Waals surface area contributed by atoms with E-state index in [1.807, 2.05) is 59.0 Å². The van der Waals surface area contributed by atoms with Crippen molar-refractivity contribution < 1.29 is 23.9 Å². The number of nitrogens with zero attached hydrogens (tertiary/aromatic N) is 1. The average Bonchev–Trinajstić information content (AvgIpc) is 3.39. The van der Waals surface area contributed by atoms with E-state index in [2.05, 4.69) is 77.7 Å². The van der Waals surface area contributed by atoms with E-state index in [0.717, 1.165) is 43.5 Å². The number of allylic oxidation sites excluding steroid dienone is 5. The number of ketones is 1. The van der Waals surface area contributed by atoms with E-state index in [4.69, 9.17) is 4.74 Å². The number of urea groups is 1. The van der Waals surface area contributed by atoms with Gasteiger partial charge in [-0.05, 0) is 67.4 Å². The van der Waals surface area contributed by atoms with Gasteiger partial charge in [0, 0.05) is 31.9 Å². The molecular weight excluding hydrogens is 656 g/mol. The number of ether oxygens (including phenoxy) is 1. The topological polar surface area (TPSA) is 141 Å². The lowest BCUT2D eigenvalue weighted by molar-refractivity contribution is -0.139. The Morgan fingerprint density at radius 2 is 1.81 bits per heavy atom. The Kier molecular flexibility index (Phi) is 17.0. The molecule has 52 heavy (non-hydrogen) atoms. The highest BCUT2D eigenvalue weighted by Crippen LogP contribution is 2.65. The highest BCUT2D eigenvalue weighted by Gasteiger charge is 2.66. The second-order valence-electron chi connectivity index (χ2n) is 15.8. The minimum Gasteiger partial charge on any atom is -0.447 e. The van der Waals surface area contributed by atoms with Crippen molar-refractivity contribution >= 4 is 23.8 Å². The summed E-state index contributed by atoms with van der Waals surface area (Å²) < 4.78 is 5.14. The molecule has 290 valence electrons. The second-order valence-corrected chi connectivity index (χ2v) is 15.8. The van der Waals surface area contributed by atoms with Crippen molar-refractivity contribution in [3.63, 3.8) is 0 Å². The van der Waals surface area contributed by atoms with Crippen molar-refractivity contribution in [1.29, 1.82) is 0 Å². The number of carbonyl (C=O) groups is 4. The van der Waals surface area contributed by atoms with Gasteiger partial charge >= 0.3 is 12.1 Å². The number of Topliss-reactive ketones (excluding diaryl/α,β-unsaturated/α-hetero) is 1. The lowest BCUT2D eigenvalue weighted by Crippen LogP contribution is -2.53. The molecule has 4 amide bonds. The third-order valence-corrected chi connectivity index (χ3v) is 10.5. The van der Waals surface area contributed by atoms with Crippen LogP contribution in [-0.2, 0) is 14.3 Å². The highest BCUT2D eigenvalue weighted by atomic mass is 16.5. The van der Waals surface area contributed by atoms with Crippen LogP contribution in [0.3, 0.4) is 0 Å². The summed E-state index contributed by atoms with van der Waals surface area (Å²) >= 11 is 0. The van der Waals surface area contributed by atoms with Gasteiger partial charge in [-0.15, -0.1) is 6.58 Å². The number of rotatable bonds is 15. The number of hydrogen-bond acceptors (Lipinski definition) is 7. The quantitative estimate of drug-likeness (QED) is 0.101. The molecule has 0 radical (unpaired) electrons. The first-order chi connectivity index (χ1) is 24.4. The molecule has 3 rings (SSSR count). The molecule has 1 heterocycles. The van der Waals surface area contributed by atoms with Gasteiger partial charge in [0.25, 0.3) is 5.91 Å². The van der Waals surface area contributed by atoms with E-state index in [1.165, 1.54) is 7.05 Å². The Labute approximate surface area is 312 Å². The zero-order chi connectivity index (χ0) is 39.2. The molecule has 0 aromatic rings. The van der Waals surface area contributed by atoms with E-state index in [-0.39, 0.29) is 42.7 Å². The van der Waals surface area contributed by atoms with Crippen molar-refractivity contribution in [2.75, 3.05) is 26.7 Å². The number of alkyl carbamates (subject to hydrolysis) is 1. The number of piperidine rings is 1. The Hall–Kier alpha value is -4.28.